The lowest BCUT2D eigenvalue weighted by atomic mass is 10.1. The van der Waals surface area contributed by atoms with Crippen LogP contribution in [-0.4, -0.2) is 48.4 Å². The first kappa shape index (κ1) is 18.5. The summed E-state index contributed by atoms with van der Waals surface area (Å²) in [5.41, 5.74) is -0.524. The molecule has 2 heterocycles. The topological polar surface area (TPSA) is 65.1 Å². The van der Waals surface area contributed by atoms with E-state index in [4.69, 9.17) is 14.2 Å². The summed E-state index contributed by atoms with van der Waals surface area (Å²) in [7, 11) is 0. The number of benzene rings is 1. The normalized spacial score (nSPS) is 14.8. The van der Waals surface area contributed by atoms with Crippen LogP contribution < -0.4 is 4.74 Å². The van der Waals surface area contributed by atoms with Crippen LogP contribution >= 0.6 is 11.3 Å². The maximum Gasteiger partial charge on any atom is 0.410 e. The molecule has 1 aliphatic heterocycles. The highest BCUT2D eigenvalue weighted by molar-refractivity contribution is 7.21. The number of likely N-dealkylation sites (tertiary alicyclic amines) is 1. The van der Waals surface area contributed by atoms with Gasteiger partial charge in [0.25, 0.3) is 0 Å². The number of amides is 1. The fraction of sp³-hybridized carbons (Fsp3) is 0.474. The predicted octanol–water partition coefficient (Wildman–Crippen LogP) is 4.08. The van der Waals surface area contributed by atoms with Crippen LogP contribution in [0.15, 0.2) is 24.3 Å². The molecule has 0 saturated carbocycles. The molecule has 1 saturated heterocycles. The molecule has 1 amide bonds. The van der Waals surface area contributed by atoms with E-state index in [-0.39, 0.29) is 18.2 Å². The van der Waals surface area contributed by atoms with E-state index in [1.807, 2.05) is 45.0 Å². The third kappa shape index (κ3) is 3.93. The van der Waals surface area contributed by atoms with Crippen LogP contribution in [0.2, 0.25) is 0 Å². The Morgan fingerprint density at radius 3 is 2.58 bits per heavy atom. The van der Waals surface area contributed by atoms with E-state index in [9.17, 15) is 9.59 Å². The molecule has 0 aliphatic carbocycles. The maximum absolute atomic E-state index is 12.3. The first-order valence-electron chi connectivity index (χ1n) is 8.61. The van der Waals surface area contributed by atoms with Crippen molar-refractivity contribution >= 4 is 33.5 Å². The highest BCUT2D eigenvalue weighted by atomic mass is 32.1. The monoisotopic (exact) mass is 377 g/mol. The second kappa shape index (κ2) is 7.15. The summed E-state index contributed by atoms with van der Waals surface area (Å²) in [5.74, 6) is 0.157. The lowest BCUT2D eigenvalue weighted by molar-refractivity contribution is -0.0220. The zero-order valence-corrected chi connectivity index (χ0v) is 16.2. The van der Waals surface area contributed by atoms with Crippen molar-refractivity contribution in [1.82, 2.24) is 4.90 Å². The molecule has 0 atom stereocenters. The summed E-state index contributed by atoms with van der Waals surface area (Å²) < 4.78 is 17.5. The van der Waals surface area contributed by atoms with Crippen LogP contribution in [0.3, 0.4) is 0 Å². The number of fused-ring (bicyclic) bond motifs is 1. The number of carbonyl (C=O) groups is 2. The number of nitrogens with zero attached hydrogens (tertiary/aromatic N) is 1. The molecule has 1 aromatic heterocycles. The minimum Gasteiger partial charge on any atom is -0.484 e. The summed E-state index contributed by atoms with van der Waals surface area (Å²) in [4.78, 5) is 26.4. The van der Waals surface area contributed by atoms with Crippen molar-refractivity contribution in [1.29, 1.82) is 0 Å². The molecule has 6 nitrogen and oxygen atoms in total. The quantitative estimate of drug-likeness (QED) is 0.751. The van der Waals surface area contributed by atoms with Crippen molar-refractivity contribution in [3.63, 3.8) is 0 Å². The van der Waals surface area contributed by atoms with Gasteiger partial charge in [-0.05, 0) is 39.8 Å². The molecule has 1 fully saturated rings. The number of thiophene rings is 1. The molecule has 1 aromatic carbocycles. The van der Waals surface area contributed by atoms with Gasteiger partial charge >= 0.3 is 12.1 Å². The molecule has 0 N–H and O–H groups in total. The van der Waals surface area contributed by atoms with Crippen molar-refractivity contribution in [2.75, 3.05) is 19.7 Å². The molecule has 140 valence electrons. The van der Waals surface area contributed by atoms with Gasteiger partial charge in [-0.3, -0.25) is 0 Å². The van der Waals surface area contributed by atoms with Gasteiger partial charge in [-0.25, -0.2) is 9.59 Å². The second-order valence-corrected chi connectivity index (χ2v) is 8.15. The van der Waals surface area contributed by atoms with Gasteiger partial charge in [-0.1, -0.05) is 12.1 Å². The van der Waals surface area contributed by atoms with Gasteiger partial charge in [0.2, 0.25) is 0 Å². The van der Waals surface area contributed by atoms with Crippen LogP contribution in [0.1, 0.15) is 37.4 Å². The van der Waals surface area contributed by atoms with Gasteiger partial charge in [0.1, 0.15) is 11.7 Å². The Bertz CT molecular complexity index is 817. The van der Waals surface area contributed by atoms with Crippen LogP contribution in [-0.2, 0) is 9.47 Å². The molecule has 3 rings (SSSR count). The molecule has 0 spiro atoms. The van der Waals surface area contributed by atoms with E-state index < -0.39 is 5.60 Å². The summed E-state index contributed by atoms with van der Waals surface area (Å²) in [6, 6.07) is 7.70. The number of rotatable bonds is 4. The Morgan fingerprint density at radius 2 is 1.92 bits per heavy atom. The summed E-state index contributed by atoms with van der Waals surface area (Å²) in [6.45, 7) is 8.45. The standard InChI is InChI=1S/C19H23NO5S/c1-5-23-17(21)16-15(13-8-6-7-9-14(13)26-16)24-12-10-20(11-12)18(22)25-19(2,3)4/h6-9,12H,5,10-11H2,1-4H3. The first-order valence-corrected chi connectivity index (χ1v) is 9.43. The van der Waals surface area contributed by atoms with Crippen molar-refractivity contribution < 1.29 is 23.8 Å². The minimum atomic E-state index is -0.524. The van der Waals surface area contributed by atoms with E-state index in [1.54, 1.807) is 11.8 Å². The Morgan fingerprint density at radius 1 is 1.23 bits per heavy atom. The number of esters is 1. The van der Waals surface area contributed by atoms with E-state index >= 15 is 0 Å². The molecule has 0 bridgehead atoms. The largest absolute Gasteiger partial charge is 0.484 e. The number of ether oxygens (including phenoxy) is 3. The number of hydrogen-bond donors (Lipinski definition) is 0. The van der Waals surface area contributed by atoms with Crippen LogP contribution in [0.5, 0.6) is 5.75 Å². The van der Waals surface area contributed by atoms with Crippen molar-refractivity contribution in [3.05, 3.63) is 29.1 Å². The Kier molecular flexibility index (Phi) is 5.09. The molecule has 0 radical (unpaired) electrons. The van der Waals surface area contributed by atoms with E-state index in [0.29, 0.717) is 30.3 Å². The van der Waals surface area contributed by atoms with Crippen molar-refractivity contribution in [2.45, 2.75) is 39.4 Å². The molecule has 1 aliphatic rings. The predicted molar refractivity (Wildman–Crippen MR) is 100 cm³/mol. The van der Waals surface area contributed by atoms with Crippen LogP contribution in [0.4, 0.5) is 4.79 Å². The molecule has 26 heavy (non-hydrogen) atoms. The Balaban J connectivity index is 1.73. The molecule has 0 unspecified atom stereocenters. The Labute approximate surface area is 156 Å². The van der Waals surface area contributed by atoms with E-state index in [1.165, 1.54) is 11.3 Å². The molecular weight excluding hydrogens is 354 g/mol. The van der Waals surface area contributed by atoms with Crippen LogP contribution in [0, 0.1) is 0 Å². The summed E-state index contributed by atoms with van der Waals surface area (Å²) >= 11 is 1.36. The van der Waals surface area contributed by atoms with Gasteiger partial charge in [0.15, 0.2) is 10.6 Å². The lowest BCUT2D eigenvalue weighted by Gasteiger charge is -2.39. The zero-order chi connectivity index (χ0) is 18.9. The number of carbonyl (C=O) groups excluding carboxylic acids is 2. The Hall–Kier alpha value is -2.28. The lowest BCUT2D eigenvalue weighted by Crippen LogP contribution is -2.57. The van der Waals surface area contributed by atoms with Gasteiger partial charge in [0, 0.05) is 10.1 Å². The van der Waals surface area contributed by atoms with E-state index in [2.05, 4.69) is 0 Å². The van der Waals surface area contributed by atoms with Gasteiger partial charge in [0.05, 0.1) is 19.7 Å². The maximum atomic E-state index is 12.3. The minimum absolute atomic E-state index is 0.172. The van der Waals surface area contributed by atoms with Gasteiger partial charge in [-0.15, -0.1) is 11.3 Å². The van der Waals surface area contributed by atoms with Gasteiger partial charge in [-0.2, -0.15) is 0 Å². The summed E-state index contributed by atoms with van der Waals surface area (Å²) in [6.07, 6.45) is -0.521. The fourth-order valence-electron chi connectivity index (χ4n) is 2.62. The molecule has 2 aromatic rings. The SMILES string of the molecule is CCOC(=O)c1sc2ccccc2c1OC1CN(C(=O)OC(C)(C)C)C1. The third-order valence-electron chi connectivity index (χ3n) is 3.80. The molecular formula is C19H23NO5S. The van der Waals surface area contributed by atoms with Gasteiger partial charge < -0.3 is 19.1 Å². The smallest absolute Gasteiger partial charge is 0.410 e. The van der Waals surface area contributed by atoms with Crippen LogP contribution in [0.25, 0.3) is 10.1 Å². The third-order valence-corrected chi connectivity index (χ3v) is 4.93. The fourth-order valence-corrected chi connectivity index (χ4v) is 3.65. The first-order chi connectivity index (χ1) is 12.3. The highest BCUT2D eigenvalue weighted by Gasteiger charge is 2.36. The van der Waals surface area contributed by atoms with E-state index in [0.717, 1.165) is 10.1 Å². The summed E-state index contributed by atoms with van der Waals surface area (Å²) in [5, 5.41) is 0.885. The van der Waals surface area contributed by atoms with Crippen molar-refractivity contribution in [2.24, 2.45) is 0 Å². The average molecular weight is 377 g/mol. The zero-order valence-electron chi connectivity index (χ0n) is 15.4. The second-order valence-electron chi connectivity index (χ2n) is 7.10. The number of hydrogen-bond acceptors (Lipinski definition) is 6. The average Bonchev–Trinajstić information content (AvgIpc) is 2.87. The molecule has 7 heteroatoms. The van der Waals surface area contributed by atoms with Crippen molar-refractivity contribution in [3.8, 4) is 5.75 Å². The highest BCUT2D eigenvalue weighted by Crippen LogP contribution is 2.39.